The molecule has 0 aliphatic carbocycles. The highest BCUT2D eigenvalue weighted by molar-refractivity contribution is 8.77. The van der Waals surface area contributed by atoms with Gasteiger partial charge in [-0.15, -0.1) is 0 Å². The van der Waals surface area contributed by atoms with Gasteiger partial charge in [0.25, 0.3) is 0 Å². The maximum atomic E-state index is 15.0. The summed E-state index contributed by atoms with van der Waals surface area (Å²) in [6, 6.07) is -22.5. The van der Waals surface area contributed by atoms with E-state index >= 15 is 4.79 Å². The second-order valence-electron chi connectivity index (χ2n) is 28.3. The third-order valence-electron chi connectivity index (χ3n) is 17.7. The molecular weight excluding hydrogens is 1630 g/mol. The third kappa shape index (κ3) is 35.6. The molecule has 0 radical (unpaired) electrons. The largest absolute Gasteiger partial charge is 0.508 e. The van der Waals surface area contributed by atoms with Crippen LogP contribution >= 0.6 is 43.2 Å². The Labute approximate surface area is 686 Å². The Balaban J connectivity index is 2.43. The van der Waals surface area contributed by atoms with Gasteiger partial charge in [0.15, 0.2) is 0 Å². The number of nitrogens with one attached hydrogen (secondary N) is 15. The first-order valence-electron chi connectivity index (χ1n) is 36.8. The van der Waals surface area contributed by atoms with Crippen LogP contribution in [-0.4, -0.2) is 287 Å². The van der Waals surface area contributed by atoms with Gasteiger partial charge >= 0.3 is 23.9 Å². The van der Waals surface area contributed by atoms with E-state index in [2.05, 4.69) is 79.8 Å². The van der Waals surface area contributed by atoms with E-state index in [1.165, 1.54) is 45.0 Å². The number of phenols is 1. The predicted molar refractivity (Wildman–Crippen MR) is 420 cm³/mol. The normalized spacial score (nSPS) is 24.5. The molecule has 117 heavy (non-hydrogen) atoms. The smallest absolute Gasteiger partial charge is 0.327 e. The lowest BCUT2D eigenvalue weighted by Crippen LogP contribution is -2.62. The van der Waals surface area contributed by atoms with E-state index < -0.39 is 307 Å². The molecule has 0 aromatic heterocycles. The number of nitrogens with two attached hydrogens (primary N) is 2. The first-order chi connectivity index (χ1) is 54.7. The zero-order valence-electron chi connectivity index (χ0n) is 65.3. The van der Waals surface area contributed by atoms with Gasteiger partial charge < -0.3 is 127 Å². The minimum Gasteiger partial charge on any atom is -0.508 e. The number of aliphatic hydroxyl groups is 2. The van der Waals surface area contributed by atoms with Crippen LogP contribution in [0.15, 0.2) is 24.3 Å². The molecule has 44 nitrogen and oxygen atoms in total. The fourth-order valence-corrected chi connectivity index (χ4v) is 15.5. The van der Waals surface area contributed by atoms with Crippen LogP contribution in [0.25, 0.3) is 0 Å². The van der Waals surface area contributed by atoms with Crippen LogP contribution in [0.4, 0.5) is 0 Å². The molecule has 4 rings (SSSR count). The molecule has 1 aromatic rings. The standard InChI is InChI=1S/C69H105N17O27S4/c1-10-30(6)52-67(110)78-40(21-46(71)90)61(104)83-51(29(4)5)66(109)73-31(7)55(98)80-43-25-115-114-24-42(81-58(101)38(16-18-49(94)95)75-60(103)41(22-50(96)97)79-68(111)54(33(9)88)85-56(99)36(70)20-34-11-13-35(89)14-12-34)62(105)76-37(15-17-48(92)93)57(100)77-39(19-28(2)3)59(102)82-44(63(106)84-52)26-116-117-27-45(69(112)113)74-47(91)23-72-65(108)53(32(8)87)86-64(43)107/h11-14,28-33,36-45,51-54,87-89H,10,15-27,70H2,1-9H3,(H2,71,90)(H,72,108)(H,73,109)(H,74,91)(H,75,103)(H,76,105)(H,77,100)(H,78,110)(H,79,111)(H,80,98)(H,81,101)(H,82,102)(H,83,104)(H,84,106)(H,85,99)(H,86,107)(H,92,93)(H,94,95)(H,96,97)(H,112,113)/t30-,31-,32+,33+,36-,37-,38-,39-,40-,41-,42-,43-,44-,45-,51-,52-,53-,54-/m0/s1. The van der Waals surface area contributed by atoms with Gasteiger partial charge in [0, 0.05) is 35.9 Å². The van der Waals surface area contributed by atoms with E-state index in [9.17, 15) is 127 Å². The van der Waals surface area contributed by atoms with Crippen molar-refractivity contribution in [2.45, 2.75) is 223 Å². The zero-order chi connectivity index (χ0) is 88.4. The fraction of sp³-hybridized carbons (Fsp3) is 0.623. The summed E-state index contributed by atoms with van der Waals surface area (Å²) in [4.78, 5) is 277. The SMILES string of the molecule is CC[C@H](C)[C@@H]1NC(=O)[C@@H]2CSSC[C@@H](C(=O)O)NC(=O)CNC(=O)[C@H]([C@@H](C)O)NC(=O)[C@H](CSSC[C@H](NC(=O)[C@H](CCC(=O)O)NC(=O)[C@H](CC(=O)O)NC(=O)[C@@H](NC(=O)[C@@H](N)Cc3ccc(O)cc3)[C@@H](C)O)C(=O)N[C@@H](CCC(=O)O)C(=O)N[C@@H](CC(C)C)C(=O)N2)NC(=O)[C@H](C)NC(=O)[C@H](C(C)C)NC(=O)[C@H](CC(N)=O)NC1=O. The summed E-state index contributed by atoms with van der Waals surface area (Å²) in [5.74, 6) is -31.5. The number of fused-ring (bicyclic) bond motifs is 37. The van der Waals surface area contributed by atoms with Crippen LogP contribution in [0.2, 0.25) is 0 Å². The topological polar surface area (TPSA) is 716 Å². The van der Waals surface area contributed by atoms with Gasteiger partial charge in [0.1, 0.15) is 90.3 Å². The number of carbonyl (C=O) groups is 20. The van der Waals surface area contributed by atoms with Gasteiger partial charge in [-0.2, -0.15) is 0 Å². The lowest BCUT2D eigenvalue weighted by molar-refractivity contribution is -0.142. The number of benzene rings is 1. The highest BCUT2D eigenvalue weighted by Gasteiger charge is 2.41. The number of aromatic hydroxyl groups is 1. The Bertz CT molecular complexity index is 3750. The molecule has 652 valence electrons. The average molecular weight is 1730 g/mol. The van der Waals surface area contributed by atoms with E-state index in [0.717, 1.165) is 20.8 Å². The van der Waals surface area contributed by atoms with Crippen LogP contribution in [0.5, 0.6) is 5.75 Å². The zero-order valence-corrected chi connectivity index (χ0v) is 68.6. The summed E-state index contributed by atoms with van der Waals surface area (Å²) in [5, 5.41) is 106. The number of hydrogen-bond donors (Lipinski definition) is 24. The summed E-state index contributed by atoms with van der Waals surface area (Å²) >= 11 is 0. The Kier molecular flexibility index (Phi) is 42.9. The Morgan fingerprint density at radius 1 is 0.530 bits per heavy atom. The van der Waals surface area contributed by atoms with Crippen molar-refractivity contribution >= 4 is 162 Å². The second kappa shape index (κ2) is 49.7. The second-order valence-corrected chi connectivity index (χ2v) is 33.4. The molecule has 2 bridgehead atoms. The van der Waals surface area contributed by atoms with Gasteiger partial charge in [-0.05, 0) is 81.9 Å². The van der Waals surface area contributed by atoms with E-state index in [1.54, 1.807) is 20.8 Å². The fourth-order valence-electron chi connectivity index (χ4n) is 10.9. The van der Waals surface area contributed by atoms with Gasteiger partial charge in [0.05, 0.1) is 37.6 Å². The number of hydrogen-bond acceptors (Lipinski definition) is 28. The Hall–Kier alpha value is -10.3. The third-order valence-corrected chi connectivity index (χ3v) is 22.5. The molecule has 0 unspecified atom stereocenters. The Morgan fingerprint density at radius 2 is 1.05 bits per heavy atom. The van der Waals surface area contributed by atoms with Crippen molar-refractivity contribution in [3.63, 3.8) is 0 Å². The van der Waals surface area contributed by atoms with Crippen molar-refractivity contribution in [3.05, 3.63) is 29.8 Å². The summed E-state index contributed by atoms with van der Waals surface area (Å²) in [6.45, 7) is 11.3. The van der Waals surface area contributed by atoms with Gasteiger partial charge in [-0.25, -0.2) is 4.79 Å². The number of carboxylic acids is 4. The maximum absolute atomic E-state index is 15.0. The summed E-state index contributed by atoms with van der Waals surface area (Å²) in [7, 11) is 2.54. The molecule has 3 aliphatic heterocycles. The minimum atomic E-state index is -2.23. The minimum absolute atomic E-state index is 0.103. The summed E-state index contributed by atoms with van der Waals surface area (Å²) < 4.78 is 0. The monoisotopic (exact) mass is 1730 g/mol. The molecule has 3 saturated heterocycles. The van der Waals surface area contributed by atoms with Crippen LogP contribution in [-0.2, 0) is 102 Å². The highest BCUT2D eigenvalue weighted by atomic mass is 33.1. The number of carbonyl (C=O) groups excluding carboxylic acids is 16. The molecule has 0 spiro atoms. The van der Waals surface area contributed by atoms with E-state index in [1.807, 2.05) is 0 Å². The van der Waals surface area contributed by atoms with Gasteiger partial charge in [-0.3, -0.25) is 91.1 Å². The summed E-state index contributed by atoms with van der Waals surface area (Å²) in [6.07, 6.45) is -9.85. The first-order valence-corrected chi connectivity index (χ1v) is 41.8. The molecule has 3 fully saturated rings. The molecular formula is C69H105N17O27S4. The molecule has 3 heterocycles. The molecule has 0 saturated carbocycles. The highest BCUT2D eigenvalue weighted by Crippen LogP contribution is 2.26. The predicted octanol–water partition coefficient (Wildman–Crippen LogP) is -7.35. The molecule has 1 aromatic carbocycles. The number of phenolic OH excluding ortho intramolecular Hbond substituents is 1. The number of aliphatic carboxylic acids is 4. The number of rotatable bonds is 28. The number of amides is 16. The van der Waals surface area contributed by atoms with E-state index in [4.69, 9.17) is 11.5 Å². The van der Waals surface area contributed by atoms with Crippen LogP contribution in [0.3, 0.4) is 0 Å². The van der Waals surface area contributed by atoms with Crippen molar-refractivity contribution < 1.29 is 132 Å². The molecule has 16 amide bonds. The van der Waals surface area contributed by atoms with Crippen molar-refractivity contribution in [2.24, 2.45) is 29.2 Å². The van der Waals surface area contributed by atoms with Crippen molar-refractivity contribution in [1.82, 2.24) is 79.8 Å². The van der Waals surface area contributed by atoms with Crippen LogP contribution in [0, 0.1) is 17.8 Å². The lowest BCUT2D eigenvalue weighted by atomic mass is 9.97. The summed E-state index contributed by atoms with van der Waals surface area (Å²) in [5.41, 5.74) is 12.1. The molecule has 3 aliphatic rings. The van der Waals surface area contributed by atoms with Crippen molar-refractivity contribution in [2.75, 3.05) is 29.6 Å². The quantitative estimate of drug-likeness (QED) is 0.0274. The number of primary amides is 1. The van der Waals surface area contributed by atoms with E-state index in [0.29, 0.717) is 48.7 Å². The molecule has 48 heteroatoms. The average Bonchev–Trinajstić information content (AvgIpc) is 0.947. The van der Waals surface area contributed by atoms with Gasteiger partial charge in [0.2, 0.25) is 94.5 Å². The molecule has 18 atom stereocenters. The Morgan fingerprint density at radius 3 is 1.59 bits per heavy atom. The van der Waals surface area contributed by atoms with Crippen molar-refractivity contribution in [3.8, 4) is 5.75 Å². The van der Waals surface area contributed by atoms with Crippen molar-refractivity contribution in [1.29, 1.82) is 0 Å². The van der Waals surface area contributed by atoms with E-state index in [-0.39, 0.29) is 25.0 Å². The van der Waals surface area contributed by atoms with Gasteiger partial charge in [-0.1, -0.05) is 103 Å². The molecule has 26 N–H and O–H groups in total. The lowest BCUT2D eigenvalue weighted by Gasteiger charge is -2.30. The maximum Gasteiger partial charge on any atom is 0.327 e. The number of aliphatic hydroxyl groups excluding tert-OH is 2. The number of carboxylic acid groups (broad SMARTS) is 4. The van der Waals surface area contributed by atoms with Crippen LogP contribution in [0.1, 0.15) is 119 Å². The van der Waals surface area contributed by atoms with Crippen LogP contribution < -0.4 is 91.2 Å². The first kappa shape index (κ1) is 101.